The number of sulfonamides is 1. The SMILES string of the molecule is NS(=O)(=O)c1ccc(-n2ccc3c2CCCC3=O)cc1. The molecule has 0 saturated heterocycles. The number of ketones is 1. The maximum Gasteiger partial charge on any atom is 0.238 e. The maximum atomic E-state index is 11.8. The second-order valence-corrected chi connectivity index (χ2v) is 6.42. The molecule has 2 aromatic rings. The zero-order chi connectivity index (χ0) is 14.3. The van der Waals surface area contributed by atoms with Crippen LogP contribution in [-0.4, -0.2) is 18.8 Å². The molecule has 0 atom stereocenters. The van der Waals surface area contributed by atoms with Gasteiger partial charge in [0.1, 0.15) is 0 Å². The fraction of sp³-hybridized carbons (Fsp3) is 0.214. The van der Waals surface area contributed by atoms with E-state index in [0.717, 1.165) is 29.8 Å². The number of hydrogen-bond donors (Lipinski definition) is 1. The van der Waals surface area contributed by atoms with Crippen molar-refractivity contribution >= 4 is 15.8 Å². The molecule has 6 heteroatoms. The van der Waals surface area contributed by atoms with E-state index in [4.69, 9.17) is 5.14 Å². The van der Waals surface area contributed by atoms with Crippen LogP contribution in [0, 0.1) is 0 Å². The van der Waals surface area contributed by atoms with Crippen LogP contribution in [0.4, 0.5) is 0 Å². The van der Waals surface area contributed by atoms with Crippen molar-refractivity contribution in [2.24, 2.45) is 5.14 Å². The summed E-state index contributed by atoms with van der Waals surface area (Å²) in [4.78, 5) is 11.9. The fourth-order valence-electron chi connectivity index (χ4n) is 2.56. The Bertz CT molecular complexity index is 773. The summed E-state index contributed by atoms with van der Waals surface area (Å²) in [5, 5.41) is 5.08. The van der Waals surface area contributed by atoms with Crippen molar-refractivity contribution < 1.29 is 13.2 Å². The summed E-state index contributed by atoms with van der Waals surface area (Å²) in [6.07, 6.45) is 4.15. The van der Waals surface area contributed by atoms with Crippen LogP contribution in [0.5, 0.6) is 0 Å². The Labute approximate surface area is 117 Å². The van der Waals surface area contributed by atoms with Crippen molar-refractivity contribution in [2.75, 3.05) is 0 Å². The highest BCUT2D eigenvalue weighted by Gasteiger charge is 2.21. The van der Waals surface area contributed by atoms with Crippen molar-refractivity contribution in [3.8, 4) is 5.69 Å². The third-order valence-corrected chi connectivity index (χ3v) is 4.48. The van der Waals surface area contributed by atoms with Gasteiger partial charge in [-0.2, -0.15) is 0 Å². The molecule has 104 valence electrons. The highest BCUT2D eigenvalue weighted by atomic mass is 32.2. The van der Waals surface area contributed by atoms with Gasteiger partial charge in [-0.05, 0) is 43.2 Å². The molecule has 1 heterocycles. The summed E-state index contributed by atoms with van der Waals surface area (Å²) in [7, 11) is -3.68. The number of nitrogens with zero attached hydrogens (tertiary/aromatic N) is 1. The highest BCUT2D eigenvalue weighted by molar-refractivity contribution is 7.89. The van der Waals surface area contributed by atoms with Gasteiger partial charge < -0.3 is 4.57 Å². The van der Waals surface area contributed by atoms with Gasteiger partial charge in [0.25, 0.3) is 0 Å². The smallest absolute Gasteiger partial charge is 0.238 e. The molecular weight excluding hydrogens is 276 g/mol. The van der Waals surface area contributed by atoms with Crippen molar-refractivity contribution in [3.05, 3.63) is 47.8 Å². The van der Waals surface area contributed by atoms with Gasteiger partial charge in [0.2, 0.25) is 10.0 Å². The molecule has 20 heavy (non-hydrogen) atoms. The largest absolute Gasteiger partial charge is 0.320 e. The lowest BCUT2D eigenvalue weighted by atomic mass is 9.97. The molecule has 5 nitrogen and oxygen atoms in total. The lowest BCUT2D eigenvalue weighted by Gasteiger charge is -2.15. The fourth-order valence-corrected chi connectivity index (χ4v) is 3.08. The predicted octanol–water partition coefficient (Wildman–Crippen LogP) is 1.64. The summed E-state index contributed by atoms with van der Waals surface area (Å²) in [5.74, 6) is 0.172. The van der Waals surface area contributed by atoms with E-state index in [1.165, 1.54) is 12.1 Å². The van der Waals surface area contributed by atoms with E-state index in [1.54, 1.807) is 12.1 Å². The number of Topliss-reactive ketones (excluding diaryl/α,β-unsaturated/α-hetero) is 1. The van der Waals surface area contributed by atoms with Crippen LogP contribution in [0.25, 0.3) is 5.69 Å². The van der Waals surface area contributed by atoms with Crippen LogP contribution < -0.4 is 5.14 Å². The van der Waals surface area contributed by atoms with Gasteiger partial charge in [-0.1, -0.05) is 0 Å². The van der Waals surface area contributed by atoms with Gasteiger partial charge in [0.05, 0.1) is 4.90 Å². The molecule has 0 saturated carbocycles. The standard InChI is InChI=1S/C14H14N2O3S/c15-20(18,19)11-6-4-10(5-7-11)16-9-8-12-13(16)2-1-3-14(12)17/h4-9H,1-3H2,(H2,15,18,19). The first-order chi connectivity index (χ1) is 9.47. The van der Waals surface area contributed by atoms with Crippen LogP contribution in [0.15, 0.2) is 41.4 Å². The summed E-state index contributed by atoms with van der Waals surface area (Å²) in [6, 6.07) is 8.16. The zero-order valence-corrected chi connectivity index (χ0v) is 11.6. The number of aromatic nitrogens is 1. The first-order valence-corrected chi connectivity index (χ1v) is 7.88. The Balaban J connectivity index is 2.04. The van der Waals surface area contributed by atoms with E-state index in [0.29, 0.717) is 6.42 Å². The monoisotopic (exact) mass is 290 g/mol. The minimum absolute atomic E-state index is 0.0818. The number of carbonyl (C=O) groups is 1. The summed E-state index contributed by atoms with van der Waals surface area (Å²) >= 11 is 0. The van der Waals surface area contributed by atoms with Gasteiger partial charge in [-0.15, -0.1) is 0 Å². The highest BCUT2D eigenvalue weighted by Crippen LogP contribution is 2.25. The third kappa shape index (κ3) is 2.17. The molecule has 0 unspecified atom stereocenters. The summed E-state index contributed by atoms with van der Waals surface area (Å²) < 4.78 is 24.4. The molecule has 3 rings (SSSR count). The number of carbonyl (C=O) groups excluding carboxylic acids is 1. The van der Waals surface area contributed by atoms with Crippen LogP contribution >= 0.6 is 0 Å². The van der Waals surface area contributed by atoms with Crippen molar-refractivity contribution in [2.45, 2.75) is 24.2 Å². The van der Waals surface area contributed by atoms with E-state index in [2.05, 4.69) is 0 Å². The lowest BCUT2D eigenvalue weighted by molar-refractivity contribution is 0.0972. The van der Waals surface area contributed by atoms with Crippen LogP contribution in [0.2, 0.25) is 0 Å². The Morgan fingerprint density at radius 3 is 2.40 bits per heavy atom. The van der Waals surface area contributed by atoms with E-state index < -0.39 is 10.0 Å². The molecule has 0 radical (unpaired) electrons. The second-order valence-electron chi connectivity index (χ2n) is 4.86. The number of fused-ring (bicyclic) bond motifs is 1. The minimum atomic E-state index is -3.68. The average Bonchev–Trinajstić information content (AvgIpc) is 2.83. The molecule has 0 aliphatic heterocycles. The molecule has 1 aromatic heterocycles. The number of primary sulfonamides is 1. The van der Waals surface area contributed by atoms with E-state index in [-0.39, 0.29) is 10.7 Å². The Morgan fingerprint density at radius 2 is 1.75 bits per heavy atom. The quantitative estimate of drug-likeness (QED) is 0.912. The van der Waals surface area contributed by atoms with Crippen molar-refractivity contribution in [1.29, 1.82) is 0 Å². The summed E-state index contributed by atoms with van der Waals surface area (Å²) in [6.45, 7) is 0. The van der Waals surface area contributed by atoms with Gasteiger partial charge in [-0.3, -0.25) is 4.79 Å². The third-order valence-electron chi connectivity index (χ3n) is 3.55. The predicted molar refractivity (Wildman–Crippen MR) is 74.4 cm³/mol. The van der Waals surface area contributed by atoms with E-state index in [9.17, 15) is 13.2 Å². The first kappa shape index (κ1) is 13.1. The van der Waals surface area contributed by atoms with Crippen LogP contribution in [-0.2, 0) is 16.4 Å². The molecule has 1 aliphatic carbocycles. The van der Waals surface area contributed by atoms with Crippen molar-refractivity contribution in [1.82, 2.24) is 4.57 Å². The second kappa shape index (κ2) is 4.57. The molecule has 0 fully saturated rings. The van der Waals surface area contributed by atoms with Gasteiger partial charge in [0.15, 0.2) is 5.78 Å². The maximum absolute atomic E-state index is 11.8. The first-order valence-electron chi connectivity index (χ1n) is 6.33. The number of hydrogen-bond acceptors (Lipinski definition) is 3. The Kier molecular flexibility index (Phi) is 2.99. The minimum Gasteiger partial charge on any atom is -0.320 e. The van der Waals surface area contributed by atoms with Crippen LogP contribution in [0.3, 0.4) is 0 Å². The summed E-state index contributed by atoms with van der Waals surface area (Å²) in [5.41, 5.74) is 2.59. The zero-order valence-electron chi connectivity index (χ0n) is 10.7. The molecule has 0 bridgehead atoms. The lowest BCUT2D eigenvalue weighted by Crippen LogP contribution is -2.13. The van der Waals surface area contributed by atoms with Gasteiger partial charge >= 0.3 is 0 Å². The van der Waals surface area contributed by atoms with E-state index in [1.807, 2.05) is 16.8 Å². The Hall–Kier alpha value is -1.92. The molecule has 0 amide bonds. The van der Waals surface area contributed by atoms with Gasteiger partial charge in [0, 0.05) is 29.6 Å². The number of benzene rings is 1. The number of nitrogens with two attached hydrogens (primary N) is 1. The number of rotatable bonds is 2. The van der Waals surface area contributed by atoms with Gasteiger partial charge in [-0.25, -0.2) is 13.6 Å². The molecule has 1 aromatic carbocycles. The van der Waals surface area contributed by atoms with Crippen molar-refractivity contribution in [3.63, 3.8) is 0 Å². The molecule has 2 N–H and O–H groups in total. The topological polar surface area (TPSA) is 82.2 Å². The molecule has 0 spiro atoms. The molecule has 1 aliphatic rings. The normalized spacial score (nSPS) is 15.2. The van der Waals surface area contributed by atoms with Crippen LogP contribution in [0.1, 0.15) is 28.9 Å². The molecular formula is C14H14N2O3S. The van der Waals surface area contributed by atoms with E-state index >= 15 is 0 Å². The Morgan fingerprint density at radius 1 is 1.05 bits per heavy atom. The average molecular weight is 290 g/mol.